The predicted molar refractivity (Wildman–Crippen MR) is 118 cm³/mol. The van der Waals surface area contributed by atoms with Gasteiger partial charge in [-0.15, -0.1) is 0 Å². The molecule has 0 amide bonds. The van der Waals surface area contributed by atoms with Crippen molar-refractivity contribution in [3.63, 3.8) is 0 Å². The fourth-order valence-electron chi connectivity index (χ4n) is 3.36. The van der Waals surface area contributed by atoms with E-state index in [2.05, 4.69) is 6.92 Å². The molecule has 0 aromatic heterocycles. The van der Waals surface area contributed by atoms with Crippen LogP contribution in [0, 0.1) is 0 Å². The summed E-state index contributed by atoms with van der Waals surface area (Å²) in [5, 5.41) is 5.11. The molecule has 0 aliphatic rings. The molecular formula is C22H40N2O3S. The molecule has 162 valence electrons. The van der Waals surface area contributed by atoms with Gasteiger partial charge >= 0.3 is 0 Å². The number of ether oxygens (including phenoxy) is 1. The zero-order valence-corrected chi connectivity index (χ0v) is 18.6. The first-order chi connectivity index (χ1) is 13.3. The number of primary sulfonamides is 1. The molecule has 1 rings (SSSR count). The lowest BCUT2D eigenvalue weighted by molar-refractivity contribution is 0.207. The summed E-state index contributed by atoms with van der Waals surface area (Å²) in [4.78, 5) is 0.00552. The molecule has 0 bridgehead atoms. The Morgan fingerprint density at radius 2 is 1.39 bits per heavy atom. The highest BCUT2D eigenvalue weighted by Crippen LogP contribution is 2.26. The Morgan fingerprint density at radius 3 is 1.86 bits per heavy atom. The summed E-state index contributed by atoms with van der Waals surface area (Å²) in [6.07, 6.45) is 17.0. The van der Waals surface area contributed by atoms with E-state index in [1.165, 1.54) is 82.8 Å². The fraction of sp³-hybridized carbons (Fsp3) is 0.727. The van der Waals surface area contributed by atoms with Gasteiger partial charge < -0.3 is 10.5 Å². The van der Waals surface area contributed by atoms with Crippen LogP contribution in [0.25, 0.3) is 0 Å². The maximum atomic E-state index is 11.3. The van der Waals surface area contributed by atoms with Gasteiger partial charge in [0.2, 0.25) is 10.0 Å². The van der Waals surface area contributed by atoms with E-state index in [4.69, 9.17) is 15.6 Å². The first-order valence-electron chi connectivity index (χ1n) is 10.9. The molecule has 4 N–H and O–H groups in total. The van der Waals surface area contributed by atoms with E-state index < -0.39 is 10.0 Å². The van der Waals surface area contributed by atoms with Crippen molar-refractivity contribution >= 4 is 15.7 Å². The summed E-state index contributed by atoms with van der Waals surface area (Å²) in [6.45, 7) is 4.28. The standard InChI is InChI=1S/C22H40N2O3S/c1-3-4-5-6-7-8-9-10-11-12-13-14-15-19(2)27-22-17-16-20(18-21(22)23)28(24,25)26/h16-19H,3-15,23H2,1-2H3,(H2,24,25,26). The number of benzene rings is 1. The van der Waals surface area contributed by atoms with Crippen LogP contribution in [-0.4, -0.2) is 14.5 Å². The third-order valence-corrected chi connectivity index (χ3v) is 6.01. The summed E-state index contributed by atoms with van der Waals surface area (Å²) in [5.74, 6) is 0.513. The molecule has 5 nitrogen and oxygen atoms in total. The van der Waals surface area contributed by atoms with Crippen molar-refractivity contribution in [2.75, 3.05) is 5.73 Å². The minimum Gasteiger partial charge on any atom is -0.489 e. The Balaban J connectivity index is 2.09. The molecule has 0 fully saturated rings. The lowest BCUT2D eigenvalue weighted by atomic mass is 10.0. The van der Waals surface area contributed by atoms with Gasteiger partial charge in [-0.05, 0) is 38.0 Å². The van der Waals surface area contributed by atoms with E-state index in [1.807, 2.05) is 6.92 Å². The topological polar surface area (TPSA) is 95.4 Å². The van der Waals surface area contributed by atoms with Crippen LogP contribution in [0.4, 0.5) is 5.69 Å². The number of anilines is 1. The molecule has 0 saturated carbocycles. The molecule has 0 saturated heterocycles. The van der Waals surface area contributed by atoms with Crippen LogP contribution in [0.3, 0.4) is 0 Å². The van der Waals surface area contributed by atoms with Crippen LogP contribution in [-0.2, 0) is 10.0 Å². The number of sulfonamides is 1. The average molecular weight is 413 g/mol. The lowest BCUT2D eigenvalue weighted by Crippen LogP contribution is -2.15. The Bertz CT molecular complexity index is 647. The lowest BCUT2D eigenvalue weighted by Gasteiger charge is -2.16. The summed E-state index contributed by atoms with van der Waals surface area (Å²) >= 11 is 0. The van der Waals surface area contributed by atoms with Crippen LogP contribution >= 0.6 is 0 Å². The highest BCUT2D eigenvalue weighted by molar-refractivity contribution is 7.89. The molecular weight excluding hydrogens is 372 g/mol. The van der Waals surface area contributed by atoms with Crippen molar-refractivity contribution in [2.45, 2.75) is 108 Å². The second-order valence-corrected chi connectivity index (χ2v) is 9.41. The van der Waals surface area contributed by atoms with Gasteiger partial charge in [-0.25, -0.2) is 13.6 Å². The van der Waals surface area contributed by atoms with Crippen LogP contribution in [0.15, 0.2) is 23.1 Å². The molecule has 0 heterocycles. The van der Waals surface area contributed by atoms with Crippen molar-refractivity contribution in [3.05, 3.63) is 18.2 Å². The van der Waals surface area contributed by atoms with Gasteiger partial charge in [0.25, 0.3) is 0 Å². The molecule has 1 aromatic carbocycles. The van der Waals surface area contributed by atoms with Gasteiger partial charge in [0.05, 0.1) is 16.7 Å². The van der Waals surface area contributed by atoms with E-state index in [1.54, 1.807) is 6.07 Å². The molecule has 1 atom stereocenters. The van der Waals surface area contributed by atoms with E-state index in [-0.39, 0.29) is 11.0 Å². The monoisotopic (exact) mass is 412 g/mol. The van der Waals surface area contributed by atoms with Crippen molar-refractivity contribution in [3.8, 4) is 5.75 Å². The number of hydrogen-bond acceptors (Lipinski definition) is 4. The largest absolute Gasteiger partial charge is 0.489 e. The van der Waals surface area contributed by atoms with Gasteiger partial charge in [-0.1, -0.05) is 77.6 Å². The third-order valence-electron chi connectivity index (χ3n) is 5.10. The molecule has 0 aliphatic heterocycles. The number of rotatable bonds is 16. The molecule has 6 heteroatoms. The van der Waals surface area contributed by atoms with Gasteiger partial charge in [-0.3, -0.25) is 0 Å². The molecule has 28 heavy (non-hydrogen) atoms. The van der Waals surface area contributed by atoms with Crippen LogP contribution < -0.4 is 15.6 Å². The van der Waals surface area contributed by atoms with Crippen LogP contribution in [0.1, 0.15) is 97.3 Å². The first-order valence-corrected chi connectivity index (χ1v) is 12.5. The fourth-order valence-corrected chi connectivity index (χ4v) is 3.91. The molecule has 1 unspecified atom stereocenters. The van der Waals surface area contributed by atoms with Crippen molar-refractivity contribution in [1.82, 2.24) is 0 Å². The van der Waals surface area contributed by atoms with Crippen molar-refractivity contribution in [1.29, 1.82) is 0 Å². The Labute approximate surface area is 172 Å². The number of nitrogens with two attached hydrogens (primary N) is 2. The first kappa shape index (κ1) is 24.8. The highest BCUT2D eigenvalue weighted by Gasteiger charge is 2.12. The van der Waals surface area contributed by atoms with Gasteiger partial charge in [0, 0.05) is 0 Å². The van der Waals surface area contributed by atoms with Gasteiger partial charge in [0.15, 0.2) is 0 Å². The van der Waals surface area contributed by atoms with Gasteiger partial charge in [-0.2, -0.15) is 0 Å². The van der Waals surface area contributed by atoms with E-state index in [9.17, 15) is 8.42 Å². The minimum absolute atomic E-state index is 0.00552. The highest BCUT2D eigenvalue weighted by atomic mass is 32.2. The zero-order valence-electron chi connectivity index (χ0n) is 17.8. The molecule has 1 aromatic rings. The summed E-state index contributed by atoms with van der Waals surface area (Å²) < 4.78 is 28.5. The second-order valence-electron chi connectivity index (χ2n) is 7.85. The predicted octanol–water partition coefficient (Wildman–Crippen LogP) is 5.77. The number of hydrogen-bond donors (Lipinski definition) is 2. The number of nitrogen functional groups attached to an aromatic ring is 1. The summed E-state index contributed by atoms with van der Waals surface area (Å²) in [5.41, 5.74) is 6.19. The maximum Gasteiger partial charge on any atom is 0.238 e. The van der Waals surface area contributed by atoms with Gasteiger partial charge in [0.1, 0.15) is 5.75 Å². The minimum atomic E-state index is -3.74. The number of unbranched alkanes of at least 4 members (excludes halogenated alkanes) is 11. The maximum absolute atomic E-state index is 11.3. The molecule has 0 aliphatic carbocycles. The zero-order chi connectivity index (χ0) is 20.8. The van der Waals surface area contributed by atoms with E-state index >= 15 is 0 Å². The quantitative estimate of drug-likeness (QED) is 0.266. The SMILES string of the molecule is CCCCCCCCCCCCCCC(C)Oc1ccc(S(N)(=O)=O)cc1N. The van der Waals surface area contributed by atoms with Crippen molar-refractivity contribution in [2.24, 2.45) is 5.14 Å². The van der Waals surface area contributed by atoms with E-state index in [0.717, 1.165) is 12.8 Å². The third kappa shape index (κ3) is 10.9. The van der Waals surface area contributed by atoms with E-state index in [0.29, 0.717) is 11.4 Å². The average Bonchev–Trinajstić information content (AvgIpc) is 2.63. The second kappa shape index (κ2) is 13.8. The summed E-state index contributed by atoms with van der Waals surface area (Å²) in [6, 6.07) is 4.35. The Hall–Kier alpha value is -1.27. The Morgan fingerprint density at radius 1 is 0.893 bits per heavy atom. The smallest absolute Gasteiger partial charge is 0.238 e. The van der Waals surface area contributed by atoms with Crippen LogP contribution in [0.2, 0.25) is 0 Å². The molecule has 0 radical (unpaired) electrons. The van der Waals surface area contributed by atoms with Crippen LogP contribution in [0.5, 0.6) is 5.75 Å². The molecule has 0 spiro atoms. The normalized spacial score (nSPS) is 12.8. The summed E-state index contributed by atoms with van der Waals surface area (Å²) in [7, 11) is -3.74. The van der Waals surface area contributed by atoms with Crippen molar-refractivity contribution < 1.29 is 13.2 Å². The Kier molecular flexibility index (Phi) is 12.2.